The van der Waals surface area contributed by atoms with Gasteiger partial charge in [0.15, 0.2) is 17.9 Å². The van der Waals surface area contributed by atoms with Crippen molar-refractivity contribution in [2.75, 3.05) is 10.6 Å². The summed E-state index contributed by atoms with van der Waals surface area (Å²) in [6.07, 6.45) is 2.87. The van der Waals surface area contributed by atoms with E-state index in [-0.39, 0.29) is 23.3 Å². The van der Waals surface area contributed by atoms with E-state index in [1.54, 1.807) is 18.2 Å². The van der Waals surface area contributed by atoms with E-state index in [4.69, 9.17) is 0 Å². The van der Waals surface area contributed by atoms with Gasteiger partial charge in [0, 0.05) is 23.4 Å². The molecule has 0 saturated heterocycles. The maximum absolute atomic E-state index is 11.6. The summed E-state index contributed by atoms with van der Waals surface area (Å²) >= 11 is 0. The van der Waals surface area contributed by atoms with E-state index < -0.39 is 0 Å². The molecule has 0 amide bonds. The Morgan fingerprint density at radius 2 is 1.86 bits per heavy atom. The van der Waals surface area contributed by atoms with Crippen LogP contribution < -0.4 is 16.2 Å². The Kier molecular flexibility index (Phi) is 3.64. The van der Waals surface area contributed by atoms with Crippen LogP contribution in [0.5, 0.6) is 0 Å². The predicted octanol–water partition coefficient (Wildman–Crippen LogP) is 1.94. The molecule has 5 rings (SSSR count). The normalized spacial score (nSPS) is 13.6. The van der Waals surface area contributed by atoms with Gasteiger partial charge in [-0.25, -0.2) is 0 Å². The predicted molar refractivity (Wildman–Crippen MR) is 101 cm³/mol. The molecular weight excluding hydrogens is 362 g/mol. The molecule has 28 heavy (non-hydrogen) atoms. The van der Waals surface area contributed by atoms with Crippen LogP contribution in [0.1, 0.15) is 35.1 Å². The number of carbonyl (C=O) groups is 1. The first kappa shape index (κ1) is 16.2. The fraction of sp³-hybridized carbons (Fsp3) is 0.176. The number of aldehydes is 1. The lowest BCUT2D eigenvalue weighted by Crippen LogP contribution is -2.07. The average molecular weight is 377 g/mol. The van der Waals surface area contributed by atoms with Gasteiger partial charge in [-0.05, 0) is 31.0 Å². The number of fused-ring (bicyclic) bond motifs is 1. The smallest absolute Gasteiger partial charge is 0.271 e. The van der Waals surface area contributed by atoms with Gasteiger partial charge in [0.2, 0.25) is 11.9 Å². The second-order valence-electron chi connectivity index (χ2n) is 6.53. The Bertz CT molecular complexity index is 1230. The van der Waals surface area contributed by atoms with Gasteiger partial charge in [0.25, 0.3) is 5.56 Å². The van der Waals surface area contributed by atoms with E-state index in [1.165, 1.54) is 0 Å². The highest BCUT2D eigenvalue weighted by Crippen LogP contribution is 2.39. The first-order chi connectivity index (χ1) is 13.7. The number of carbonyl (C=O) groups excluding carboxylic acids is 1. The summed E-state index contributed by atoms with van der Waals surface area (Å²) in [6, 6.07) is 7.04. The maximum Gasteiger partial charge on any atom is 0.271 e. The van der Waals surface area contributed by atoms with Crippen LogP contribution in [0.4, 0.5) is 23.4 Å². The van der Waals surface area contributed by atoms with Gasteiger partial charge in [0.1, 0.15) is 0 Å². The maximum atomic E-state index is 11.6. The van der Waals surface area contributed by atoms with Gasteiger partial charge in [-0.1, -0.05) is 0 Å². The van der Waals surface area contributed by atoms with Crippen LogP contribution in [0.2, 0.25) is 0 Å². The fourth-order valence-electron chi connectivity index (χ4n) is 2.92. The topological polar surface area (TPSA) is 157 Å². The fourth-order valence-corrected chi connectivity index (χ4v) is 2.92. The molecule has 3 heterocycles. The quantitative estimate of drug-likeness (QED) is 0.319. The first-order valence-electron chi connectivity index (χ1n) is 8.69. The molecule has 0 bridgehead atoms. The van der Waals surface area contributed by atoms with Crippen molar-refractivity contribution in [3.05, 3.63) is 46.1 Å². The number of hydrogen-bond acceptors (Lipinski definition) is 8. The Morgan fingerprint density at radius 3 is 2.64 bits per heavy atom. The van der Waals surface area contributed by atoms with Crippen LogP contribution >= 0.6 is 0 Å². The molecule has 0 spiro atoms. The van der Waals surface area contributed by atoms with Crippen molar-refractivity contribution < 1.29 is 4.79 Å². The monoisotopic (exact) mass is 377 g/mol. The van der Waals surface area contributed by atoms with Gasteiger partial charge < -0.3 is 10.6 Å². The zero-order valence-electron chi connectivity index (χ0n) is 14.5. The lowest BCUT2D eigenvalue weighted by Gasteiger charge is -2.07. The number of benzene rings is 1. The van der Waals surface area contributed by atoms with E-state index in [0.29, 0.717) is 34.6 Å². The molecule has 11 heteroatoms. The minimum absolute atomic E-state index is 0.0194. The van der Waals surface area contributed by atoms with E-state index in [9.17, 15) is 9.59 Å². The van der Waals surface area contributed by atoms with Gasteiger partial charge >= 0.3 is 0 Å². The highest BCUT2D eigenvalue weighted by Gasteiger charge is 2.25. The zero-order valence-corrected chi connectivity index (χ0v) is 14.5. The molecule has 1 aliphatic carbocycles. The van der Waals surface area contributed by atoms with Crippen molar-refractivity contribution in [2.45, 2.75) is 18.8 Å². The zero-order chi connectivity index (χ0) is 19.1. The van der Waals surface area contributed by atoms with Crippen molar-refractivity contribution in [3.63, 3.8) is 0 Å². The Morgan fingerprint density at radius 1 is 1.04 bits per heavy atom. The van der Waals surface area contributed by atoms with Crippen LogP contribution in [0.15, 0.2) is 29.1 Å². The second-order valence-corrected chi connectivity index (χ2v) is 6.53. The van der Waals surface area contributed by atoms with Crippen molar-refractivity contribution in [2.24, 2.45) is 0 Å². The van der Waals surface area contributed by atoms with E-state index in [1.807, 2.05) is 6.07 Å². The first-order valence-corrected chi connectivity index (χ1v) is 8.69. The molecule has 0 unspecified atom stereocenters. The largest absolute Gasteiger partial charge is 0.324 e. The minimum Gasteiger partial charge on any atom is -0.324 e. The van der Waals surface area contributed by atoms with Crippen LogP contribution in [0.25, 0.3) is 10.9 Å². The van der Waals surface area contributed by atoms with Gasteiger partial charge in [-0.3, -0.25) is 24.9 Å². The van der Waals surface area contributed by atoms with E-state index in [0.717, 1.165) is 18.5 Å². The number of hydrogen-bond donors (Lipinski definition) is 5. The molecule has 4 aromatic rings. The molecule has 1 fully saturated rings. The number of aromatic amines is 3. The molecule has 11 nitrogen and oxygen atoms in total. The highest BCUT2D eigenvalue weighted by molar-refractivity contribution is 5.82. The molecule has 1 aliphatic rings. The lowest BCUT2D eigenvalue weighted by molar-refractivity contribution is 0.111. The summed E-state index contributed by atoms with van der Waals surface area (Å²) in [4.78, 5) is 35.2. The Hall–Kier alpha value is -4.02. The molecule has 1 aromatic carbocycles. The molecule has 0 radical (unpaired) electrons. The summed E-state index contributed by atoms with van der Waals surface area (Å²) in [6.45, 7) is 0. The van der Waals surface area contributed by atoms with Crippen molar-refractivity contribution in [1.29, 1.82) is 0 Å². The van der Waals surface area contributed by atoms with Crippen LogP contribution in [0, 0.1) is 0 Å². The third-order valence-electron chi connectivity index (χ3n) is 4.44. The van der Waals surface area contributed by atoms with Crippen molar-refractivity contribution in [1.82, 2.24) is 35.3 Å². The van der Waals surface area contributed by atoms with Crippen LogP contribution in [-0.2, 0) is 0 Å². The number of nitrogens with zero attached hydrogens (tertiary/aromatic N) is 4. The van der Waals surface area contributed by atoms with Gasteiger partial charge in [0.05, 0.1) is 10.9 Å². The van der Waals surface area contributed by atoms with Gasteiger partial charge in [-0.15, -0.1) is 0 Å². The van der Waals surface area contributed by atoms with Gasteiger partial charge in [-0.2, -0.15) is 20.1 Å². The summed E-state index contributed by atoms with van der Waals surface area (Å²) in [5.74, 6) is 1.48. The Balaban J connectivity index is 1.41. The van der Waals surface area contributed by atoms with E-state index >= 15 is 0 Å². The molecule has 1 saturated carbocycles. The number of aromatic nitrogens is 7. The van der Waals surface area contributed by atoms with Crippen molar-refractivity contribution in [3.8, 4) is 0 Å². The second kappa shape index (κ2) is 6.30. The number of anilines is 4. The number of H-pyrrole nitrogens is 3. The summed E-state index contributed by atoms with van der Waals surface area (Å²) in [5.41, 5.74) is 2.16. The molecule has 0 aliphatic heterocycles. The molecule has 140 valence electrons. The average Bonchev–Trinajstić information content (AvgIpc) is 3.34. The van der Waals surface area contributed by atoms with E-state index in [2.05, 4.69) is 46.0 Å². The summed E-state index contributed by atoms with van der Waals surface area (Å²) in [5, 5.41) is 19.0. The lowest BCUT2D eigenvalue weighted by atomic mass is 10.2. The van der Waals surface area contributed by atoms with Crippen molar-refractivity contribution >= 4 is 40.6 Å². The standard InChI is InChI=1S/C17H15N9O2/c27-7-14-20-16(18-9-3-4-10-12(5-9)24-26-15(10)28)22-17(21-14)19-13-6-11(23-25-13)8-1-2-8/h3-8H,1-2H2,(H2,24,26,28)(H3,18,19,20,21,22,23,25). The highest BCUT2D eigenvalue weighted by atomic mass is 16.1. The Labute approximate surface area is 157 Å². The number of nitrogens with one attached hydrogen (secondary N) is 5. The minimum atomic E-state index is -0.194. The molecular formula is C17H15N9O2. The molecule has 0 atom stereocenters. The third kappa shape index (κ3) is 3.09. The van der Waals surface area contributed by atoms with Crippen LogP contribution in [0.3, 0.4) is 0 Å². The summed E-state index contributed by atoms with van der Waals surface area (Å²) < 4.78 is 0. The molecule has 5 N–H and O–H groups in total. The molecule has 3 aromatic heterocycles. The van der Waals surface area contributed by atoms with Crippen LogP contribution in [-0.4, -0.2) is 41.6 Å². The number of rotatable bonds is 6. The third-order valence-corrected chi connectivity index (χ3v) is 4.44. The summed E-state index contributed by atoms with van der Waals surface area (Å²) in [7, 11) is 0. The SMILES string of the molecule is O=Cc1nc(Nc2ccc3c(=O)[nH][nH]c3c2)nc(Nc2cc(C3CC3)[nH]n2)n1.